The van der Waals surface area contributed by atoms with E-state index in [1.54, 1.807) is 0 Å². The van der Waals surface area contributed by atoms with Crippen LogP contribution in [0.15, 0.2) is 34.9 Å². The molecule has 3 N–H and O–H groups in total. The van der Waals surface area contributed by atoms with E-state index in [0.717, 1.165) is 37.5 Å². The van der Waals surface area contributed by atoms with E-state index in [2.05, 4.69) is 40.8 Å². The fraction of sp³-hybridized carbons (Fsp3) is 0.636. The summed E-state index contributed by atoms with van der Waals surface area (Å²) in [5.41, 5.74) is 7.58. The third-order valence-corrected chi connectivity index (χ3v) is 6.87. The van der Waals surface area contributed by atoms with Gasteiger partial charge in [0.1, 0.15) is 0 Å². The van der Waals surface area contributed by atoms with Crippen molar-refractivity contribution < 1.29 is 4.52 Å². The molecule has 3 aliphatic rings. The lowest BCUT2D eigenvalue weighted by atomic mass is 9.84. The first-order valence-electron chi connectivity index (χ1n) is 10.6. The zero-order valence-electron chi connectivity index (χ0n) is 15.9. The predicted octanol–water partition coefficient (Wildman–Crippen LogP) is 3.31. The van der Waals surface area contributed by atoms with Gasteiger partial charge in [0.05, 0.1) is 0 Å². The molecule has 0 aliphatic heterocycles. The summed E-state index contributed by atoms with van der Waals surface area (Å²) < 4.78 is 5.61. The van der Waals surface area contributed by atoms with Crippen LogP contribution in [0.3, 0.4) is 0 Å². The molecule has 1 aromatic heterocycles. The first-order chi connectivity index (χ1) is 13.2. The molecule has 5 heteroatoms. The highest BCUT2D eigenvalue weighted by molar-refractivity contribution is 5.28. The van der Waals surface area contributed by atoms with Gasteiger partial charge < -0.3 is 15.6 Å². The molecule has 2 aromatic rings. The van der Waals surface area contributed by atoms with Crippen molar-refractivity contribution in [2.24, 2.45) is 11.7 Å². The summed E-state index contributed by atoms with van der Waals surface area (Å²) in [4.78, 5) is 4.78. The summed E-state index contributed by atoms with van der Waals surface area (Å²) in [6.07, 6.45) is 9.12. The van der Waals surface area contributed by atoms with E-state index < -0.39 is 0 Å². The molecule has 5 nitrogen and oxygen atoms in total. The van der Waals surface area contributed by atoms with Crippen molar-refractivity contribution in [1.29, 1.82) is 0 Å². The lowest BCUT2D eigenvalue weighted by Gasteiger charge is -2.24. The van der Waals surface area contributed by atoms with E-state index in [1.165, 1.54) is 37.7 Å². The first kappa shape index (κ1) is 17.4. The maximum atomic E-state index is 6.01. The number of nitrogens with zero attached hydrogens (tertiary/aromatic N) is 2. The van der Waals surface area contributed by atoms with Gasteiger partial charge in [0, 0.05) is 36.4 Å². The minimum Gasteiger partial charge on any atom is -0.339 e. The van der Waals surface area contributed by atoms with Crippen LogP contribution in [-0.4, -0.2) is 28.8 Å². The zero-order valence-corrected chi connectivity index (χ0v) is 15.9. The lowest BCUT2D eigenvalue weighted by Crippen LogP contribution is -2.30. The molecular weight excluding hydrogens is 336 g/mol. The van der Waals surface area contributed by atoms with Crippen molar-refractivity contribution in [3.63, 3.8) is 0 Å². The van der Waals surface area contributed by atoms with Crippen LogP contribution in [0.1, 0.15) is 68.1 Å². The van der Waals surface area contributed by atoms with Crippen molar-refractivity contribution in [2.75, 3.05) is 6.54 Å². The number of nitrogens with two attached hydrogens (primary N) is 1. The minimum absolute atomic E-state index is 0.112. The Kier molecular flexibility index (Phi) is 4.52. The van der Waals surface area contributed by atoms with Crippen LogP contribution >= 0.6 is 0 Å². The zero-order chi connectivity index (χ0) is 18.3. The normalized spacial score (nSPS) is 31.6. The summed E-state index contributed by atoms with van der Waals surface area (Å²) in [5, 5.41) is 8.12. The SMILES string of the molecule is NC1CCC(Cc2nc(C3(CN[C@H]4CC4c4ccccc4)CC3)no2)CC1. The van der Waals surface area contributed by atoms with Crippen LogP contribution < -0.4 is 11.1 Å². The Balaban J connectivity index is 1.14. The standard InChI is InChI=1S/C22H30N4O/c23-17-8-6-15(7-9-17)12-20-25-21(26-27-20)22(10-11-22)14-24-19-13-18(19)16-4-2-1-3-5-16/h1-5,15,17-19,24H,6-14,23H2/t15?,17?,18?,19-/m0/s1. The van der Waals surface area contributed by atoms with Gasteiger partial charge in [0.15, 0.2) is 5.82 Å². The van der Waals surface area contributed by atoms with E-state index in [0.29, 0.717) is 23.9 Å². The molecule has 0 radical (unpaired) electrons. The van der Waals surface area contributed by atoms with E-state index in [4.69, 9.17) is 15.2 Å². The molecule has 3 aliphatic carbocycles. The fourth-order valence-corrected chi connectivity index (χ4v) is 4.64. The molecule has 1 aromatic carbocycles. The molecular formula is C22H30N4O. The summed E-state index contributed by atoms with van der Waals surface area (Å²) in [7, 11) is 0. The minimum atomic E-state index is 0.112. The molecule has 27 heavy (non-hydrogen) atoms. The third kappa shape index (κ3) is 3.81. The van der Waals surface area contributed by atoms with Crippen LogP contribution in [-0.2, 0) is 11.8 Å². The molecule has 1 heterocycles. The molecule has 2 atom stereocenters. The number of aromatic nitrogens is 2. The van der Waals surface area contributed by atoms with Crippen LogP contribution in [0.2, 0.25) is 0 Å². The maximum Gasteiger partial charge on any atom is 0.226 e. The highest BCUT2D eigenvalue weighted by Crippen LogP contribution is 2.48. The van der Waals surface area contributed by atoms with Gasteiger partial charge in [-0.25, -0.2) is 0 Å². The van der Waals surface area contributed by atoms with Crippen molar-refractivity contribution in [1.82, 2.24) is 15.5 Å². The highest BCUT2D eigenvalue weighted by atomic mass is 16.5. The van der Waals surface area contributed by atoms with Crippen LogP contribution in [0.5, 0.6) is 0 Å². The average Bonchev–Trinajstić information content (AvgIpc) is 3.61. The fourth-order valence-electron chi connectivity index (χ4n) is 4.64. The van der Waals surface area contributed by atoms with Gasteiger partial charge in [-0.1, -0.05) is 35.5 Å². The topological polar surface area (TPSA) is 77.0 Å². The molecule has 0 amide bonds. The van der Waals surface area contributed by atoms with Gasteiger partial charge in [-0.05, 0) is 56.4 Å². The van der Waals surface area contributed by atoms with Gasteiger partial charge in [0.2, 0.25) is 5.89 Å². The molecule has 1 unspecified atom stereocenters. The van der Waals surface area contributed by atoms with Gasteiger partial charge in [-0.15, -0.1) is 0 Å². The summed E-state index contributed by atoms with van der Waals surface area (Å²) in [5.74, 6) is 3.07. The Morgan fingerprint density at radius 1 is 1.11 bits per heavy atom. The molecule has 0 spiro atoms. The van der Waals surface area contributed by atoms with Crippen LogP contribution in [0.25, 0.3) is 0 Å². The summed E-state index contributed by atoms with van der Waals surface area (Å²) in [6.45, 7) is 0.970. The highest BCUT2D eigenvalue weighted by Gasteiger charge is 2.50. The second-order valence-corrected chi connectivity index (χ2v) is 9.02. The largest absolute Gasteiger partial charge is 0.339 e. The molecule has 0 bridgehead atoms. The van der Waals surface area contributed by atoms with Gasteiger partial charge in [-0.3, -0.25) is 0 Å². The van der Waals surface area contributed by atoms with Gasteiger partial charge >= 0.3 is 0 Å². The monoisotopic (exact) mass is 366 g/mol. The Hall–Kier alpha value is -1.72. The predicted molar refractivity (Wildman–Crippen MR) is 104 cm³/mol. The molecule has 144 valence electrons. The van der Waals surface area contributed by atoms with E-state index in [1.807, 2.05) is 0 Å². The average molecular weight is 367 g/mol. The Morgan fingerprint density at radius 2 is 1.89 bits per heavy atom. The maximum absolute atomic E-state index is 6.01. The van der Waals surface area contributed by atoms with E-state index in [-0.39, 0.29) is 5.41 Å². The molecule has 5 rings (SSSR count). The van der Waals surface area contributed by atoms with Crippen molar-refractivity contribution in [2.45, 2.75) is 74.8 Å². The van der Waals surface area contributed by atoms with E-state index in [9.17, 15) is 0 Å². The summed E-state index contributed by atoms with van der Waals surface area (Å²) >= 11 is 0. The van der Waals surface area contributed by atoms with Gasteiger partial charge in [-0.2, -0.15) is 4.98 Å². The quantitative estimate of drug-likeness (QED) is 0.786. The van der Waals surface area contributed by atoms with Crippen LogP contribution in [0.4, 0.5) is 0 Å². The van der Waals surface area contributed by atoms with E-state index >= 15 is 0 Å². The Labute approximate surface area is 161 Å². The van der Waals surface area contributed by atoms with Crippen molar-refractivity contribution in [3.8, 4) is 0 Å². The lowest BCUT2D eigenvalue weighted by molar-refractivity contribution is 0.287. The number of nitrogens with one attached hydrogen (secondary N) is 1. The second-order valence-electron chi connectivity index (χ2n) is 9.02. The van der Waals surface area contributed by atoms with Gasteiger partial charge in [0.25, 0.3) is 0 Å². The number of rotatable bonds is 7. The van der Waals surface area contributed by atoms with Crippen LogP contribution in [0, 0.1) is 5.92 Å². The molecule has 3 saturated carbocycles. The summed E-state index contributed by atoms with van der Waals surface area (Å²) in [6, 6.07) is 11.8. The number of hydrogen-bond acceptors (Lipinski definition) is 5. The number of benzene rings is 1. The molecule has 0 saturated heterocycles. The number of hydrogen-bond donors (Lipinski definition) is 2. The smallest absolute Gasteiger partial charge is 0.226 e. The Bertz CT molecular complexity index is 762. The molecule has 3 fully saturated rings. The third-order valence-electron chi connectivity index (χ3n) is 6.87. The first-order valence-corrected chi connectivity index (χ1v) is 10.6. The Morgan fingerprint density at radius 3 is 2.63 bits per heavy atom. The van der Waals surface area contributed by atoms with Crippen molar-refractivity contribution in [3.05, 3.63) is 47.6 Å². The second kappa shape index (κ2) is 7.02. The van der Waals surface area contributed by atoms with Crippen molar-refractivity contribution >= 4 is 0 Å².